The van der Waals surface area contributed by atoms with Gasteiger partial charge in [-0.2, -0.15) is 5.10 Å². The van der Waals surface area contributed by atoms with Gasteiger partial charge in [0.1, 0.15) is 11.3 Å². The molecule has 0 unspecified atom stereocenters. The Hall–Kier alpha value is -2.97. The zero-order valence-corrected chi connectivity index (χ0v) is 14.1. The van der Waals surface area contributed by atoms with Crippen LogP contribution in [0.15, 0.2) is 65.7 Å². The number of methoxy groups -OCH3 is 1. The van der Waals surface area contributed by atoms with Gasteiger partial charge in [0.25, 0.3) is 0 Å². The molecule has 0 fully saturated rings. The molecule has 128 valence electrons. The molecule has 3 rings (SSSR count). The van der Waals surface area contributed by atoms with Crippen molar-refractivity contribution in [2.24, 2.45) is 5.14 Å². The van der Waals surface area contributed by atoms with Gasteiger partial charge in [-0.05, 0) is 24.3 Å². The lowest BCUT2D eigenvalue weighted by Gasteiger charge is -2.03. The van der Waals surface area contributed by atoms with E-state index in [1.54, 1.807) is 18.3 Å². The fraction of sp³-hybridized carbons (Fsp3) is 0.0588. The first-order valence-corrected chi connectivity index (χ1v) is 8.81. The van der Waals surface area contributed by atoms with E-state index in [4.69, 9.17) is 9.88 Å². The van der Waals surface area contributed by atoms with Crippen LogP contribution in [-0.2, 0) is 14.8 Å². The molecule has 0 aliphatic rings. The number of hydrogen-bond donors (Lipinski definition) is 1. The Balaban J connectivity index is 2.09. The summed E-state index contributed by atoms with van der Waals surface area (Å²) >= 11 is 0. The van der Waals surface area contributed by atoms with E-state index >= 15 is 0 Å². The first-order valence-electron chi connectivity index (χ1n) is 7.27. The molecule has 0 amide bonds. The Morgan fingerprint density at radius 3 is 2.28 bits per heavy atom. The SMILES string of the molecule is COC(=O)c1cn(-c2ccc(S(N)(=O)=O)cc2)nc1-c1ccccc1. The molecule has 1 heterocycles. The number of carbonyl (C=O) groups excluding carboxylic acids is 1. The second kappa shape index (κ2) is 6.50. The van der Waals surface area contributed by atoms with E-state index in [1.165, 1.54) is 23.9 Å². The fourth-order valence-electron chi connectivity index (χ4n) is 2.36. The molecule has 2 N–H and O–H groups in total. The summed E-state index contributed by atoms with van der Waals surface area (Å²) in [6.45, 7) is 0. The average molecular weight is 357 g/mol. The summed E-state index contributed by atoms with van der Waals surface area (Å²) in [4.78, 5) is 12.1. The minimum atomic E-state index is -3.77. The van der Waals surface area contributed by atoms with Crippen LogP contribution in [0, 0.1) is 0 Å². The molecule has 0 saturated carbocycles. The third-order valence-electron chi connectivity index (χ3n) is 3.60. The summed E-state index contributed by atoms with van der Waals surface area (Å²) < 4.78 is 29.0. The van der Waals surface area contributed by atoms with Crippen molar-refractivity contribution in [1.82, 2.24) is 9.78 Å². The van der Waals surface area contributed by atoms with Crippen molar-refractivity contribution in [2.45, 2.75) is 4.90 Å². The number of aromatic nitrogens is 2. The van der Waals surface area contributed by atoms with Gasteiger partial charge < -0.3 is 4.74 Å². The van der Waals surface area contributed by atoms with Gasteiger partial charge in [-0.3, -0.25) is 0 Å². The summed E-state index contributed by atoms with van der Waals surface area (Å²) in [6, 6.07) is 15.1. The van der Waals surface area contributed by atoms with Gasteiger partial charge in [-0.1, -0.05) is 30.3 Å². The smallest absolute Gasteiger partial charge is 0.341 e. The minimum Gasteiger partial charge on any atom is -0.465 e. The van der Waals surface area contributed by atoms with E-state index in [0.717, 1.165) is 5.56 Å². The third-order valence-corrected chi connectivity index (χ3v) is 4.53. The summed E-state index contributed by atoms with van der Waals surface area (Å²) in [5.41, 5.74) is 2.13. The molecule has 3 aromatic rings. The third kappa shape index (κ3) is 3.44. The van der Waals surface area contributed by atoms with Crippen molar-refractivity contribution < 1.29 is 17.9 Å². The van der Waals surface area contributed by atoms with E-state index in [2.05, 4.69) is 5.10 Å². The highest BCUT2D eigenvalue weighted by atomic mass is 32.2. The average Bonchev–Trinajstić information content (AvgIpc) is 3.06. The van der Waals surface area contributed by atoms with Crippen LogP contribution >= 0.6 is 0 Å². The number of hydrogen-bond acceptors (Lipinski definition) is 5. The summed E-state index contributed by atoms with van der Waals surface area (Å²) in [7, 11) is -2.47. The van der Waals surface area contributed by atoms with Crippen LogP contribution < -0.4 is 5.14 Å². The first-order chi connectivity index (χ1) is 11.9. The lowest BCUT2D eigenvalue weighted by Crippen LogP contribution is -2.12. The second-order valence-corrected chi connectivity index (χ2v) is 6.79. The molecule has 0 spiro atoms. The van der Waals surface area contributed by atoms with Crippen molar-refractivity contribution in [1.29, 1.82) is 0 Å². The zero-order chi connectivity index (χ0) is 18.0. The molecule has 2 aromatic carbocycles. The van der Waals surface area contributed by atoms with E-state index in [1.807, 2.05) is 30.3 Å². The van der Waals surface area contributed by atoms with Gasteiger partial charge in [-0.25, -0.2) is 23.0 Å². The van der Waals surface area contributed by atoms with E-state index in [9.17, 15) is 13.2 Å². The Labute approximate surface area is 144 Å². The fourth-order valence-corrected chi connectivity index (χ4v) is 2.88. The monoisotopic (exact) mass is 357 g/mol. The first kappa shape index (κ1) is 16.9. The van der Waals surface area contributed by atoms with Crippen molar-refractivity contribution in [3.63, 3.8) is 0 Å². The Morgan fingerprint density at radius 2 is 1.72 bits per heavy atom. The number of benzene rings is 2. The molecule has 0 saturated heterocycles. The quantitative estimate of drug-likeness (QED) is 0.719. The van der Waals surface area contributed by atoms with Crippen LogP contribution in [0.2, 0.25) is 0 Å². The van der Waals surface area contributed by atoms with Gasteiger partial charge in [0.05, 0.1) is 17.7 Å². The molecule has 8 heteroatoms. The predicted molar refractivity (Wildman–Crippen MR) is 91.7 cm³/mol. The molecule has 0 bridgehead atoms. The second-order valence-electron chi connectivity index (χ2n) is 5.23. The summed E-state index contributed by atoms with van der Waals surface area (Å²) in [6.07, 6.45) is 1.54. The maximum Gasteiger partial charge on any atom is 0.341 e. The van der Waals surface area contributed by atoms with Crippen LogP contribution in [0.5, 0.6) is 0 Å². The van der Waals surface area contributed by atoms with Crippen molar-refractivity contribution in [3.05, 3.63) is 66.4 Å². The Morgan fingerprint density at radius 1 is 1.08 bits per heavy atom. The van der Waals surface area contributed by atoms with E-state index < -0.39 is 16.0 Å². The zero-order valence-electron chi connectivity index (χ0n) is 13.3. The normalized spacial score (nSPS) is 11.3. The molecular weight excluding hydrogens is 342 g/mol. The molecule has 25 heavy (non-hydrogen) atoms. The van der Waals surface area contributed by atoms with Crippen LogP contribution in [0.4, 0.5) is 0 Å². The van der Waals surface area contributed by atoms with Gasteiger partial charge >= 0.3 is 5.97 Å². The number of ether oxygens (including phenoxy) is 1. The summed E-state index contributed by atoms with van der Waals surface area (Å²) in [5, 5.41) is 9.54. The highest BCUT2D eigenvalue weighted by molar-refractivity contribution is 7.89. The lowest BCUT2D eigenvalue weighted by atomic mass is 10.1. The Kier molecular flexibility index (Phi) is 4.39. The molecule has 1 aromatic heterocycles. The van der Waals surface area contributed by atoms with Crippen LogP contribution in [0.3, 0.4) is 0 Å². The molecule has 0 aliphatic heterocycles. The van der Waals surface area contributed by atoms with Crippen molar-refractivity contribution >= 4 is 16.0 Å². The predicted octanol–water partition coefficient (Wildman–Crippen LogP) is 1.97. The number of sulfonamides is 1. The van der Waals surface area contributed by atoms with Crippen molar-refractivity contribution in [2.75, 3.05) is 7.11 Å². The van der Waals surface area contributed by atoms with Gasteiger partial charge in [-0.15, -0.1) is 0 Å². The molecule has 0 atom stereocenters. The number of nitrogens with zero attached hydrogens (tertiary/aromatic N) is 2. The number of rotatable bonds is 4. The number of carbonyl (C=O) groups is 1. The van der Waals surface area contributed by atoms with Gasteiger partial charge in [0.15, 0.2) is 0 Å². The largest absolute Gasteiger partial charge is 0.465 e. The number of esters is 1. The lowest BCUT2D eigenvalue weighted by molar-refractivity contribution is 0.0601. The van der Waals surface area contributed by atoms with Crippen LogP contribution in [0.25, 0.3) is 16.9 Å². The summed E-state index contributed by atoms with van der Waals surface area (Å²) in [5.74, 6) is -0.508. The highest BCUT2D eigenvalue weighted by Gasteiger charge is 2.19. The van der Waals surface area contributed by atoms with E-state index in [0.29, 0.717) is 16.9 Å². The molecule has 0 radical (unpaired) electrons. The van der Waals surface area contributed by atoms with Gasteiger partial charge in [0.2, 0.25) is 10.0 Å². The maximum atomic E-state index is 12.1. The number of primary sulfonamides is 1. The van der Waals surface area contributed by atoms with E-state index in [-0.39, 0.29) is 4.90 Å². The molecular formula is C17H15N3O4S. The van der Waals surface area contributed by atoms with Crippen molar-refractivity contribution in [3.8, 4) is 16.9 Å². The van der Waals surface area contributed by atoms with Crippen LogP contribution in [-0.4, -0.2) is 31.3 Å². The number of nitrogens with two attached hydrogens (primary N) is 1. The molecule has 0 aliphatic carbocycles. The standard InChI is InChI=1S/C17H15N3O4S/c1-24-17(21)15-11-20(19-16(15)12-5-3-2-4-6-12)13-7-9-14(10-8-13)25(18,22)23/h2-11H,1H3,(H2,18,22,23). The highest BCUT2D eigenvalue weighted by Crippen LogP contribution is 2.24. The maximum absolute atomic E-state index is 12.1. The topological polar surface area (TPSA) is 104 Å². The van der Waals surface area contributed by atoms with Gasteiger partial charge in [0, 0.05) is 11.8 Å². The van der Waals surface area contributed by atoms with Crippen LogP contribution in [0.1, 0.15) is 10.4 Å². The Bertz CT molecular complexity index is 1010. The molecule has 7 nitrogen and oxygen atoms in total. The minimum absolute atomic E-state index is 0.000111.